The van der Waals surface area contributed by atoms with E-state index in [0.29, 0.717) is 0 Å². The molecular formula is C27H21N5. The molecule has 2 N–H and O–H groups in total. The summed E-state index contributed by atoms with van der Waals surface area (Å²) in [6, 6.07) is 34.7. The van der Waals surface area contributed by atoms with Crippen molar-refractivity contribution in [3.63, 3.8) is 0 Å². The first-order valence-corrected chi connectivity index (χ1v) is 10.7. The fourth-order valence-electron chi connectivity index (χ4n) is 4.23. The third-order valence-electron chi connectivity index (χ3n) is 5.72. The van der Waals surface area contributed by atoms with Crippen LogP contribution >= 0.6 is 0 Å². The molecule has 0 spiro atoms. The van der Waals surface area contributed by atoms with E-state index in [0.717, 1.165) is 45.4 Å². The zero-order valence-corrected chi connectivity index (χ0v) is 17.3. The summed E-state index contributed by atoms with van der Waals surface area (Å²) in [7, 11) is 0. The van der Waals surface area contributed by atoms with Gasteiger partial charge in [-0.2, -0.15) is 5.10 Å². The predicted molar refractivity (Wildman–Crippen MR) is 128 cm³/mol. The summed E-state index contributed by atoms with van der Waals surface area (Å²) in [5, 5.41) is 12.5. The normalized spacial score (nSPS) is 14.4. The van der Waals surface area contributed by atoms with Gasteiger partial charge >= 0.3 is 0 Å². The average Bonchev–Trinajstić information content (AvgIpc) is 3.14. The van der Waals surface area contributed by atoms with E-state index in [1.807, 2.05) is 71.5 Å². The van der Waals surface area contributed by atoms with E-state index in [-0.39, 0.29) is 6.04 Å². The Morgan fingerprint density at radius 2 is 1.38 bits per heavy atom. The van der Waals surface area contributed by atoms with Crippen molar-refractivity contribution in [2.75, 3.05) is 10.6 Å². The third-order valence-corrected chi connectivity index (χ3v) is 5.72. The highest BCUT2D eigenvalue weighted by molar-refractivity contribution is 5.83. The van der Waals surface area contributed by atoms with Crippen LogP contribution in [-0.4, -0.2) is 14.8 Å². The van der Waals surface area contributed by atoms with Gasteiger partial charge in [0.1, 0.15) is 11.5 Å². The third kappa shape index (κ3) is 3.11. The van der Waals surface area contributed by atoms with E-state index < -0.39 is 0 Å². The Balaban J connectivity index is 1.67. The van der Waals surface area contributed by atoms with Crippen LogP contribution in [0.4, 0.5) is 17.2 Å². The van der Waals surface area contributed by atoms with Gasteiger partial charge < -0.3 is 10.6 Å². The molecular weight excluding hydrogens is 394 g/mol. The monoisotopic (exact) mass is 415 g/mol. The van der Waals surface area contributed by atoms with Gasteiger partial charge in [-0.25, -0.2) is 4.68 Å². The summed E-state index contributed by atoms with van der Waals surface area (Å²) >= 11 is 0. The van der Waals surface area contributed by atoms with Crippen molar-refractivity contribution in [2.45, 2.75) is 6.04 Å². The molecule has 5 heteroatoms. The molecule has 0 amide bonds. The largest absolute Gasteiger partial charge is 0.371 e. The highest BCUT2D eigenvalue weighted by Crippen LogP contribution is 2.44. The van der Waals surface area contributed by atoms with Crippen molar-refractivity contribution in [3.05, 3.63) is 121 Å². The Kier molecular flexibility index (Phi) is 4.43. The van der Waals surface area contributed by atoms with Crippen molar-refractivity contribution in [1.29, 1.82) is 0 Å². The maximum atomic E-state index is 5.11. The molecule has 0 aliphatic carbocycles. The van der Waals surface area contributed by atoms with Gasteiger partial charge in [-0.3, -0.25) is 4.98 Å². The minimum atomic E-state index is -0.171. The number of rotatable bonds is 3. The van der Waals surface area contributed by atoms with E-state index in [1.54, 1.807) is 0 Å². The predicted octanol–water partition coefficient (Wildman–Crippen LogP) is 6.19. The standard InChI is InChI=1S/C27H21N5/c1-3-11-19(12-4-1)25-24-26(23-17-9-10-18-28-23)29-21-15-7-8-16-22(21)30-27(24)32(31-25)20-13-5-2-6-14-20/h1-18,26,29-30H/t26-/m1/s1. The van der Waals surface area contributed by atoms with Gasteiger partial charge in [-0.15, -0.1) is 0 Å². The number of nitrogens with one attached hydrogen (secondary N) is 2. The van der Waals surface area contributed by atoms with Crippen molar-refractivity contribution in [1.82, 2.24) is 14.8 Å². The van der Waals surface area contributed by atoms with Gasteiger partial charge in [0.15, 0.2) is 0 Å². The maximum Gasteiger partial charge on any atom is 0.140 e. The molecule has 0 fully saturated rings. The molecule has 0 unspecified atom stereocenters. The number of para-hydroxylation sites is 3. The van der Waals surface area contributed by atoms with Gasteiger partial charge in [0.05, 0.1) is 34.4 Å². The van der Waals surface area contributed by atoms with Crippen molar-refractivity contribution < 1.29 is 0 Å². The van der Waals surface area contributed by atoms with Gasteiger partial charge in [0.25, 0.3) is 0 Å². The number of hydrogen-bond donors (Lipinski definition) is 2. The zero-order valence-electron chi connectivity index (χ0n) is 17.3. The Labute approximate surface area is 186 Å². The summed E-state index contributed by atoms with van der Waals surface area (Å²) in [4.78, 5) is 4.71. The summed E-state index contributed by atoms with van der Waals surface area (Å²) in [6.45, 7) is 0. The molecule has 1 aliphatic heterocycles. The molecule has 2 aromatic heterocycles. The molecule has 3 aromatic carbocycles. The Morgan fingerprint density at radius 3 is 2.12 bits per heavy atom. The molecule has 6 rings (SSSR count). The summed E-state index contributed by atoms with van der Waals surface area (Å²) < 4.78 is 2.00. The number of aromatic nitrogens is 3. The van der Waals surface area contributed by atoms with Crippen LogP contribution in [-0.2, 0) is 0 Å². The summed E-state index contributed by atoms with van der Waals surface area (Å²) in [5.74, 6) is 0.933. The minimum Gasteiger partial charge on any atom is -0.371 e. The number of pyridine rings is 1. The lowest BCUT2D eigenvalue weighted by atomic mass is 9.98. The molecule has 0 radical (unpaired) electrons. The van der Waals surface area contributed by atoms with Gasteiger partial charge in [0.2, 0.25) is 0 Å². The molecule has 0 bridgehead atoms. The summed E-state index contributed by atoms with van der Waals surface area (Å²) in [5.41, 5.74) is 7.02. The number of anilines is 3. The molecule has 32 heavy (non-hydrogen) atoms. The van der Waals surface area contributed by atoms with Crippen LogP contribution in [0.15, 0.2) is 109 Å². The van der Waals surface area contributed by atoms with E-state index in [1.165, 1.54) is 0 Å². The van der Waals surface area contributed by atoms with Crippen LogP contribution in [0.5, 0.6) is 0 Å². The fraction of sp³-hybridized carbons (Fsp3) is 0.0370. The topological polar surface area (TPSA) is 54.8 Å². The van der Waals surface area contributed by atoms with E-state index >= 15 is 0 Å². The Bertz CT molecular complexity index is 1360. The van der Waals surface area contributed by atoms with Crippen LogP contribution in [0.2, 0.25) is 0 Å². The lowest BCUT2D eigenvalue weighted by molar-refractivity contribution is 0.887. The molecule has 5 nitrogen and oxygen atoms in total. The average molecular weight is 416 g/mol. The fourth-order valence-corrected chi connectivity index (χ4v) is 4.23. The van der Waals surface area contributed by atoms with Crippen LogP contribution in [0.3, 0.4) is 0 Å². The first kappa shape index (κ1) is 18.4. The van der Waals surface area contributed by atoms with E-state index in [2.05, 4.69) is 53.1 Å². The van der Waals surface area contributed by atoms with Gasteiger partial charge in [-0.1, -0.05) is 66.7 Å². The van der Waals surface area contributed by atoms with E-state index in [9.17, 15) is 0 Å². The Hall–Kier alpha value is -4.38. The second kappa shape index (κ2) is 7.71. The highest BCUT2D eigenvalue weighted by atomic mass is 15.3. The quantitative estimate of drug-likeness (QED) is 0.369. The number of benzene rings is 3. The first-order valence-electron chi connectivity index (χ1n) is 10.7. The molecule has 5 aromatic rings. The molecule has 0 saturated carbocycles. The first-order chi connectivity index (χ1) is 15.9. The SMILES string of the molecule is c1ccc(-c2nn(-c3ccccc3)c3c2[C@@H](c2ccccn2)Nc2ccccc2N3)cc1. The lowest BCUT2D eigenvalue weighted by Crippen LogP contribution is -2.13. The lowest BCUT2D eigenvalue weighted by Gasteiger charge is -2.19. The highest BCUT2D eigenvalue weighted by Gasteiger charge is 2.32. The number of nitrogens with zero attached hydrogens (tertiary/aromatic N) is 3. The van der Waals surface area contributed by atoms with Crippen LogP contribution < -0.4 is 10.6 Å². The molecule has 1 aliphatic rings. The van der Waals surface area contributed by atoms with Crippen LogP contribution in [0.25, 0.3) is 16.9 Å². The van der Waals surface area contributed by atoms with Crippen molar-refractivity contribution >= 4 is 17.2 Å². The van der Waals surface area contributed by atoms with Gasteiger partial charge in [-0.05, 0) is 36.4 Å². The number of hydrogen-bond acceptors (Lipinski definition) is 4. The van der Waals surface area contributed by atoms with Crippen molar-refractivity contribution in [2.24, 2.45) is 0 Å². The second-order valence-corrected chi connectivity index (χ2v) is 7.73. The smallest absolute Gasteiger partial charge is 0.140 e. The van der Waals surface area contributed by atoms with Gasteiger partial charge in [0, 0.05) is 11.8 Å². The minimum absolute atomic E-state index is 0.171. The Morgan fingerprint density at radius 1 is 0.688 bits per heavy atom. The number of fused-ring (bicyclic) bond motifs is 2. The maximum absolute atomic E-state index is 5.11. The van der Waals surface area contributed by atoms with Crippen molar-refractivity contribution in [3.8, 4) is 16.9 Å². The van der Waals surface area contributed by atoms with E-state index in [4.69, 9.17) is 10.1 Å². The summed E-state index contributed by atoms with van der Waals surface area (Å²) in [6.07, 6.45) is 1.84. The molecule has 1 atom stereocenters. The van der Waals surface area contributed by atoms with Crippen LogP contribution in [0.1, 0.15) is 17.3 Å². The molecule has 154 valence electrons. The van der Waals surface area contributed by atoms with Crippen LogP contribution in [0, 0.1) is 0 Å². The second-order valence-electron chi connectivity index (χ2n) is 7.73. The molecule has 3 heterocycles. The zero-order chi connectivity index (χ0) is 21.3. The molecule has 0 saturated heterocycles.